The quantitative estimate of drug-likeness (QED) is 0.0442. The molecule has 19 heteroatoms. The molecule has 13 nitrogen and oxygen atoms in total. The zero-order chi connectivity index (χ0) is 35.4. The minimum absolute atomic E-state index is 0.282. The molecule has 0 aliphatic heterocycles. The maximum absolute atomic E-state index is 11.1. The number of unbranched alkanes of at least 4 members (excludes halogenated alkanes) is 8. The highest BCUT2D eigenvalue weighted by Crippen LogP contribution is 2.45. The van der Waals surface area contributed by atoms with E-state index in [1.54, 1.807) is 0 Å². The summed E-state index contributed by atoms with van der Waals surface area (Å²) in [5.41, 5.74) is 1.04. The van der Waals surface area contributed by atoms with E-state index in [2.05, 4.69) is 4.90 Å². The van der Waals surface area contributed by atoms with E-state index in [-0.39, 0.29) is 23.0 Å². The number of hydrogen-bond acceptors (Lipinski definition) is 9. The second-order valence-electron chi connectivity index (χ2n) is 11.8. The zero-order valence-corrected chi connectivity index (χ0v) is 32.0. The predicted molar refractivity (Wildman–Crippen MR) is 193 cm³/mol. The third kappa shape index (κ3) is 28.0. The van der Waals surface area contributed by atoms with E-state index >= 15 is 0 Å². The lowest BCUT2D eigenvalue weighted by Gasteiger charge is -2.34. The summed E-state index contributed by atoms with van der Waals surface area (Å²) in [6.45, 7) is 0. The summed E-state index contributed by atoms with van der Waals surface area (Å²) in [5.74, 6) is -1.13. The summed E-state index contributed by atoms with van der Waals surface area (Å²) >= 11 is 0. The Morgan fingerprint density at radius 2 is 0.702 bits per heavy atom. The standard InChI is InChI=1S/C28H53NO12P2S4/c30-44(31,32)22-12-2-8-18-42(19-9-3-13-23-45(33,34)35)26-29(28-16-6-1-7-17-28)27-43(20-10-4-14-24-46(36,37)38)21-11-5-15-25-47(39,40)41/h1,6-7,16-17H,2-5,8-15,18-27H2,(H,30,31,32)(H,33,34,35)(H,36,37,38)(H,39,40,41). The van der Waals surface area contributed by atoms with Crippen molar-refractivity contribution in [2.24, 2.45) is 0 Å². The summed E-state index contributed by atoms with van der Waals surface area (Å²) in [6, 6.07) is 9.93. The predicted octanol–water partition coefficient (Wildman–Crippen LogP) is 5.60. The SMILES string of the molecule is O=S(=O)(O)CCCCCP(CCCCCS(=O)(=O)O)CN(CP(CCCCCS(=O)(=O)O)CCCCCS(=O)(=O)O)c1ccccc1. The van der Waals surface area contributed by atoms with E-state index in [9.17, 15) is 33.7 Å². The smallest absolute Gasteiger partial charge is 0.264 e. The fourth-order valence-electron chi connectivity index (χ4n) is 5.02. The summed E-state index contributed by atoms with van der Waals surface area (Å²) in [4.78, 5) is 2.37. The Morgan fingerprint density at radius 1 is 0.426 bits per heavy atom. The summed E-state index contributed by atoms with van der Waals surface area (Å²) < 4.78 is 125. The first-order valence-corrected chi connectivity index (χ1v) is 26.1. The molecule has 0 aliphatic rings. The van der Waals surface area contributed by atoms with Crippen molar-refractivity contribution in [1.29, 1.82) is 0 Å². The van der Waals surface area contributed by atoms with Gasteiger partial charge in [-0.25, -0.2) is 0 Å². The summed E-state index contributed by atoms with van der Waals surface area (Å²) in [5, 5.41) is 0. The van der Waals surface area contributed by atoms with Gasteiger partial charge in [0.05, 0.1) is 23.0 Å². The van der Waals surface area contributed by atoms with Gasteiger partial charge in [0.1, 0.15) is 0 Å². The van der Waals surface area contributed by atoms with Crippen molar-refractivity contribution in [3.05, 3.63) is 30.3 Å². The van der Waals surface area contributed by atoms with Crippen LogP contribution in [0.4, 0.5) is 5.69 Å². The average molecular weight is 786 g/mol. The molecule has 1 aromatic rings. The molecule has 0 amide bonds. The van der Waals surface area contributed by atoms with Crippen LogP contribution in [0, 0.1) is 0 Å². The monoisotopic (exact) mass is 785 g/mol. The molecule has 0 saturated heterocycles. The van der Waals surface area contributed by atoms with Gasteiger partial charge in [-0.05, 0) is 88.1 Å². The van der Waals surface area contributed by atoms with Crippen LogP contribution in [0.5, 0.6) is 0 Å². The molecule has 0 radical (unpaired) electrons. The number of benzene rings is 1. The van der Waals surface area contributed by atoms with E-state index < -0.39 is 56.3 Å². The maximum Gasteiger partial charge on any atom is 0.264 e. The minimum atomic E-state index is -4.02. The normalized spacial score (nSPS) is 13.1. The number of rotatable bonds is 29. The topological polar surface area (TPSA) is 221 Å². The van der Waals surface area contributed by atoms with Crippen LogP contribution in [0.2, 0.25) is 0 Å². The van der Waals surface area contributed by atoms with Gasteiger partial charge in [-0.15, -0.1) is 0 Å². The van der Waals surface area contributed by atoms with Crippen molar-refractivity contribution in [2.75, 3.05) is 65.1 Å². The Hall–Kier alpha value is -0.480. The molecule has 0 fully saturated rings. The Labute approximate surface area is 285 Å². The van der Waals surface area contributed by atoms with Gasteiger partial charge in [0, 0.05) is 18.3 Å². The molecule has 1 rings (SSSR count). The Kier molecular flexibility index (Phi) is 21.9. The van der Waals surface area contributed by atoms with Gasteiger partial charge in [0.25, 0.3) is 40.5 Å². The molecule has 0 saturated carbocycles. The Morgan fingerprint density at radius 3 is 0.957 bits per heavy atom. The first-order chi connectivity index (χ1) is 21.8. The van der Waals surface area contributed by atoms with E-state index in [0.29, 0.717) is 51.4 Å². The van der Waals surface area contributed by atoms with Crippen molar-refractivity contribution in [2.45, 2.75) is 77.0 Å². The van der Waals surface area contributed by atoms with Gasteiger partial charge >= 0.3 is 0 Å². The number of hydrogen-bond donors (Lipinski definition) is 4. The van der Waals surface area contributed by atoms with Crippen molar-refractivity contribution in [3.8, 4) is 0 Å². The zero-order valence-electron chi connectivity index (χ0n) is 27.0. The molecule has 0 atom stereocenters. The van der Waals surface area contributed by atoms with Crippen LogP contribution in [-0.4, -0.2) is 112 Å². The van der Waals surface area contributed by atoms with Gasteiger partial charge in [0.2, 0.25) is 0 Å². The van der Waals surface area contributed by atoms with Gasteiger partial charge in [0.15, 0.2) is 0 Å². The number of anilines is 1. The van der Waals surface area contributed by atoms with E-state index in [1.165, 1.54) is 0 Å². The summed E-state index contributed by atoms with van der Waals surface area (Å²) in [7, 11) is -17.2. The van der Waals surface area contributed by atoms with Crippen molar-refractivity contribution >= 4 is 62.0 Å². The fraction of sp³-hybridized carbons (Fsp3) is 0.786. The van der Waals surface area contributed by atoms with Crippen LogP contribution in [0.25, 0.3) is 0 Å². The second kappa shape index (κ2) is 23.1. The van der Waals surface area contributed by atoms with E-state index in [1.807, 2.05) is 30.3 Å². The number of nitrogens with zero attached hydrogens (tertiary/aromatic N) is 1. The first-order valence-electron chi connectivity index (χ1n) is 15.9. The van der Waals surface area contributed by atoms with Gasteiger partial charge in [-0.1, -0.05) is 59.7 Å². The molecule has 0 unspecified atom stereocenters. The van der Waals surface area contributed by atoms with Crippen LogP contribution in [0.3, 0.4) is 0 Å². The van der Waals surface area contributed by atoms with Crippen LogP contribution >= 0.6 is 15.8 Å². The fourth-order valence-corrected chi connectivity index (χ4v) is 12.6. The van der Waals surface area contributed by atoms with Gasteiger partial charge in [-0.3, -0.25) is 18.2 Å². The molecule has 4 N–H and O–H groups in total. The van der Waals surface area contributed by atoms with Crippen LogP contribution < -0.4 is 4.90 Å². The Balaban J connectivity index is 3.03. The molecule has 0 bridgehead atoms. The third-order valence-electron chi connectivity index (χ3n) is 7.37. The minimum Gasteiger partial charge on any atom is -0.363 e. The lowest BCUT2D eigenvalue weighted by atomic mass is 10.3. The first kappa shape index (κ1) is 44.5. The molecule has 47 heavy (non-hydrogen) atoms. The van der Waals surface area contributed by atoms with Crippen LogP contribution in [-0.2, 0) is 40.5 Å². The molecular weight excluding hydrogens is 733 g/mol. The second-order valence-corrected chi connectivity index (χ2v) is 23.1. The average Bonchev–Trinajstić information content (AvgIpc) is 2.93. The van der Waals surface area contributed by atoms with Crippen molar-refractivity contribution in [1.82, 2.24) is 0 Å². The van der Waals surface area contributed by atoms with E-state index in [0.717, 1.165) is 68.6 Å². The highest BCUT2D eigenvalue weighted by molar-refractivity contribution is 7.86. The molecule has 0 aliphatic carbocycles. The lowest BCUT2D eigenvalue weighted by molar-refractivity contribution is 0.477. The molecular formula is C28H53NO12P2S4. The lowest BCUT2D eigenvalue weighted by Crippen LogP contribution is -2.26. The molecule has 276 valence electrons. The van der Waals surface area contributed by atoms with Gasteiger partial charge < -0.3 is 4.90 Å². The molecule has 0 heterocycles. The highest BCUT2D eigenvalue weighted by Gasteiger charge is 2.19. The third-order valence-corrected chi connectivity index (χ3v) is 15.9. The largest absolute Gasteiger partial charge is 0.363 e. The van der Waals surface area contributed by atoms with Crippen LogP contribution in [0.1, 0.15) is 77.0 Å². The van der Waals surface area contributed by atoms with E-state index in [4.69, 9.17) is 18.2 Å². The maximum atomic E-state index is 11.1. The summed E-state index contributed by atoms with van der Waals surface area (Å²) in [6.07, 6.45) is 12.1. The van der Waals surface area contributed by atoms with Gasteiger partial charge in [-0.2, -0.15) is 33.7 Å². The number of para-hydroxylation sites is 1. The van der Waals surface area contributed by atoms with Crippen molar-refractivity contribution in [3.63, 3.8) is 0 Å². The molecule has 0 spiro atoms. The Bertz CT molecular complexity index is 1250. The molecule has 0 aromatic heterocycles. The van der Waals surface area contributed by atoms with Crippen LogP contribution in [0.15, 0.2) is 30.3 Å². The van der Waals surface area contributed by atoms with Crippen molar-refractivity contribution < 1.29 is 51.9 Å². The molecule has 1 aromatic carbocycles. The highest BCUT2D eigenvalue weighted by atomic mass is 32.2.